The summed E-state index contributed by atoms with van der Waals surface area (Å²) in [4.78, 5) is 12.7. The minimum absolute atomic E-state index is 0.112. The number of carbonyl (C=O) groups is 1. The van der Waals surface area contributed by atoms with Crippen molar-refractivity contribution in [2.24, 2.45) is 0 Å². The predicted molar refractivity (Wildman–Crippen MR) is 130 cm³/mol. The molecule has 0 bridgehead atoms. The third-order valence-electron chi connectivity index (χ3n) is 5.13. The molecule has 4 rings (SSSR count). The zero-order valence-corrected chi connectivity index (χ0v) is 18.9. The summed E-state index contributed by atoms with van der Waals surface area (Å²) >= 11 is 0. The van der Waals surface area contributed by atoms with Crippen molar-refractivity contribution in [3.63, 3.8) is 0 Å². The molecule has 1 amide bonds. The molecule has 0 fully saturated rings. The highest BCUT2D eigenvalue weighted by atomic mass is 32.2. The number of anilines is 1. The average molecular weight is 461 g/mol. The first-order chi connectivity index (χ1) is 15.9. The van der Waals surface area contributed by atoms with E-state index in [4.69, 9.17) is 4.74 Å². The fourth-order valence-electron chi connectivity index (χ4n) is 3.31. The first-order valence-corrected chi connectivity index (χ1v) is 12.0. The minimum Gasteiger partial charge on any atom is -0.489 e. The van der Waals surface area contributed by atoms with E-state index < -0.39 is 22.0 Å². The number of nitrogens with one attached hydrogen (secondary N) is 2. The smallest absolute Gasteiger partial charge is 0.242 e. The van der Waals surface area contributed by atoms with E-state index in [9.17, 15) is 13.2 Å². The zero-order chi connectivity index (χ0) is 23.3. The Labute approximate surface area is 193 Å². The Morgan fingerprint density at radius 2 is 1.52 bits per heavy atom. The number of ether oxygens (including phenoxy) is 1. The molecule has 168 valence electrons. The van der Waals surface area contributed by atoms with Crippen LogP contribution in [0, 0.1) is 0 Å². The minimum atomic E-state index is -3.86. The molecule has 0 aromatic heterocycles. The molecular formula is C26H24N2O4S. The van der Waals surface area contributed by atoms with Crippen molar-refractivity contribution < 1.29 is 17.9 Å². The van der Waals surface area contributed by atoms with Gasteiger partial charge in [0.1, 0.15) is 12.4 Å². The van der Waals surface area contributed by atoms with Crippen LogP contribution in [-0.4, -0.2) is 20.4 Å². The van der Waals surface area contributed by atoms with Gasteiger partial charge in [0.25, 0.3) is 0 Å². The van der Waals surface area contributed by atoms with Crippen molar-refractivity contribution in [1.29, 1.82) is 0 Å². The van der Waals surface area contributed by atoms with Crippen LogP contribution in [0.2, 0.25) is 0 Å². The van der Waals surface area contributed by atoms with Gasteiger partial charge >= 0.3 is 0 Å². The Hall–Kier alpha value is -3.68. The molecular weight excluding hydrogens is 436 g/mol. The van der Waals surface area contributed by atoms with Crippen molar-refractivity contribution >= 4 is 32.4 Å². The monoisotopic (exact) mass is 460 g/mol. The number of hydrogen-bond acceptors (Lipinski definition) is 4. The summed E-state index contributed by atoms with van der Waals surface area (Å²) in [5.41, 5.74) is 1.60. The van der Waals surface area contributed by atoms with Crippen molar-refractivity contribution in [2.75, 3.05) is 5.32 Å². The molecule has 6 nitrogen and oxygen atoms in total. The normalized spacial score (nSPS) is 12.3. The predicted octanol–water partition coefficient (Wildman–Crippen LogP) is 4.72. The fourth-order valence-corrected chi connectivity index (χ4v) is 4.55. The highest BCUT2D eigenvalue weighted by molar-refractivity contribution is 7.89. The Morgan fingerprint density at radius 1 is 0.848 bits per heavy atom. The lowest BCUT2D eigenvalue weighted by Crippen LogP contribution is -2.41. The van der Waals surface area contributed by atoms with Gasteiger partial charge < -0.3 is 10.1 Å². The lowest BCUT2D eigenvalue weighted by molar-refractivity contribution is -0.117. The quantitative estimate of drug-likeness (QED) is 0.398. The number of carbonyl (C=O) groups excluding carboxylic acids is 1. The Bertz CT molecular complexity index is 1350. The molecule has 4 aromatic carbocycles. The molecule has 4 aromatic rings. The standard InChI is InChI=1S/C26H24N2O4S/c1-19(28-33(30,31)25-16-11-21-9-5-6-10-22(21)17-25)26(29)27-23-12-14-24(15-13-23)32-18-20-7-3-2-4-8-20/h2-17,19,28H,18H2,1H3,(H,27,29)/t19-/m0/s1. The molecule has 1 atom stereocenters. The Morgan fingerprint density at radius 3 is 2.24 bits per heavy atom. The summed E-state index contributed by atoms with van der Waals surface area (Å²) in [7, 11) is -3.86. The maximum atomic E-state index is 12.8. The van der Waals surface area contributed by atoms with E-state index in [2.05, 4.69) is 10.0 Å². The van der Waals surface area contributed by atoms with E-state index in [-0.39, 0.29) is 4.90 Å². The summed E-state index contributed by atoms with van der Waals surface area (Å²) in [5, 5.41) is 4.48. The first kappa shape index (κ1) is 22.5. The molecule has 0 aliphatic heterocycles. The van der Waals surface area contributed by atoms with Crippen molar-refractivity contribution in [2.45, 2.75) is 24.5 Å². The summed E-state index contributed by atoms with van der Waals surface area (Å²) in [6, 6.07) is 28.1. The van der Waals surface area contributed by atoms with Gasteiger partial charge in [-0.2, -0.15) is 4.72 Å². The van der Waals surface area contributed by atoms with E-state index in [0.717, 1.165) is 16.3 Å². The third-order valence-corrected chi connectivity index (χ3v) is 6.67. The second-order valence-electron chi connectivity index (χ2n) is 7.64. The largest absolute Gasteiger partial charge is 0.489 e. The number of fused-ring (bicyclic) bond motifs is 1. The molecule has 0 saturated heterocycles. The number of sulfonamides is 1. The zero-order valence-electron chi connectivity index (χ0n) is 18.1. The second-order valence-corrected chi connectivity index (χ2v) is 9.35. The Balaban J connectivity index is 1.35. The van der Waals surface area contributed by atoms with Gasteiger partial charge in [-0.15, -0.1) is 0 Å². The van der Waals surface area contributed by atoms with E-state index in [0.29, 0.717) is 18.0 Å². The molecule has 2 N–H and O–H groups in total. The van der Waals surface area contributed by atoms with Crippen LogP contribution in [0.5, 0.6) is 5.75 Å². The number of amides is 1. The summed E-state index contributed by atoms with van der Waals surface area (Å²) < 4.78 is 33.7. The van der Waals surface area contributed by atoms with E-state index in [1.807, 2.05) is 54.6 Å². The van der Waals surface area contributed by atoms with Gasteiger partial charge in [0, 0.05) is 5.69 Å². The molecule has 33 heavy (non-hydrogen) atoms. The lowest BCUT2D eigenvalue weighted by Gasteiger charge is -2.15. The molecule has 0 aliphatic rings. The van der Waals surface area contributed by atoms with E-state index >= 15 is 0 Å². The van der Waals surface area contributed by atoms with Crippen molar-refractivity contribution in [3.05, 3.63) is 103 Å². The SMILES string of the molecule is C[C@H](NS(=O)(=O)c1ccc2ccccc2c1)C(=O)Nc1ccc(OCc2ccccc2)cc1. The lowest BCUT2D eigenvalue weighted by atomic mass is 10.1. The van der Waals surface area contributed by atoms with Gasteiger partial charge in [-0.05, 0) is 59.7 Å². The van der Waals surface area contributed by atoms with Gasteiger partial charge in [-0.3, -0.25) is 4.79 Å². The highest BCUT2D eigenvalue weighted by Gasteiger charge is 2.22. The van der Waals surface area contributed by atoms with Crippen LogP contribution < -0.4 is 14.8 Å². The third kappa shape index (κ3) is 5.77. The van der Waals surface area contributed by atoms with Crippen molar-refractivity contribution in [3.8, 4) is 5.75 Å². The van der Waals surface area contributed by atoms with Gasteiger partial charge in [0.2, 0.25) is 15.9 Å². The topological polar surface area (TPSA) is 84.5 Å². The maximum absolute atomic E-state index is 12.8. The fraction of sp³-hybridized carbons (Fsp3) is 0.115. The molecule has 0 unspecified atom stereocenters. The number of rotatable bonds is 8. The second kappa shape index (κ2) is 9.85. The molecule has 0 heterocycles. The Kier molecular flexibility index (Phi) is 6.72. The van der Waals surface area contributed by atoms with Crippen LogP contribution in [0.1, 0.15) is 12.5 Å². The van der Waals surface area contributed by atoms with Crippen LogP contribution in [0.25, 0.3) is 10.8 Å². The van der Waals surface area contributed by atoms with Gasteiger partial charge in [-0.25, -0.2) is 8.42 Å². The van der Waals surface area contributed by atoms with Crippen LogP contribution in [-0.2, 0) is 21.4 Å². The molecule has 0 saturated carbocycles. The van der Waals surface area contributed by atoms with E-state index in [1.165, 1.54) is 13.0 Å². The highest BCUT2D eigenvalue weighted by Crippen LogP contribution is 2.20. The van der Waals surface area contributed by atoms with Crippen LogP contribution >= 0.6 is 0 Å². The summed E-state index contributed by atoms with van der Waals surface area (Å²) in [6.45, 7) is 1.95. The van der Waals surface area contributed by atoms with E-state index in [1.54, 1.807) is 36.4 Å². The number of hydrogen-bond donors (Lipinski definition) is 2. The number of benzene rings is 4. The maximum Gasteiger partial charge on any atom is 0.242 e. The summed E-state index contributed by atoms with van der Waals surface area (Å²) in [6.07, 6.45) is 0. The van der Waals surface area contributed by atoms with Crippen LogP contribution in [0.15, 0.2) is 102 Å². The van der Waals surface area contributed by atoms with Gasteiger partial charge in [-0.1, -0.05) is 60.7 Å². The molecule has 7 heteroatoms. The van der Waals surface area contributed by atoms with Crippen LogP contribution in [0.4, 0.5) is 5.69 Å². The van der Waals surface area contributed by atoms with Gasteiger partial charge in [0.05, 0.1) is 10.9 Å². The first-order valence-electron chi connectivity index (χ1n) is 10.5. The molecule has 0 aliphatic carbocycles. The molecule has 0 radical (unpaired) electrons. The average Bonchev–Trinajstić information content (AvgIpc) is 2.83. The molecule has 0 spiro atoms. The van der Waals surface area contributed by atoms with Crippen molar-refractivity contribution in [1.82, 2.24) is 4.72 Å². The van der Waals surface area contributed by atoms with Crippen LogP contribution in [0.3, 0.4) is 0 Å². The summed E-state index contributed by atoms with van der Waals surface area (Å²) in [5.74, 6) is 0.208. The van der Waals surface area contributed by atoms with Gasteiger partial charge in [0.15, 0.2) is 0 Å².